The van der Waals surface area contributed by atoms with Gasteiger partial charge < -0.3 is 25.2 Å². The number of rotatable bonds is 11. The van der Waals surface area contributed by atoms with Crippen molar-refractivity contribution in [3.63, 3.8) is 0 Å². The van der Waals surface area contributed by atoms with Crippen molar-refractivity contribution >= 4 is 23.4 Å². The Morgan fingerprint density at radius 1 is 1.14 bits per heavy atom. The largest absolute Gasteiger partial charge is 0.484 e. The van der Waals surface area contributed by atoms with Crippen LogP contribution in [0.4, 0.5) is 4.39 Å². The number of hydrogen-bond acceptors (Lipinski definition) is 6. The molecule has 1 aromatic carbocycles. The number of aliphatic hydroxyl groups excluding tert-OH is 1. The maximum atomic E-state index is 13.3. The number of benzene rings is 1. The van der Waals surface area contributed by atoms with E-state index in [1.54, 1.807) is 24.4 Å². The number of pyridine rings is 1. The molecule has 0 bridgehead atoms. The third-order valence-corrected chi connectivity index (χ3v) is 3.89. The molecule has 0 unspecified atom stereocenters. The normalized spacial score (nSPS) is 11.4. The van der Waals surface area contributed by atoms with Crippen LogP contribution in [-0.2, 0) is 9.59 Å². The third-order valence-electron chi connectivity index (χ3n) is 3.58. The fraction of sp³-hybridized carbons (Fsp3) is 0.316. The van der Waals surface area contributed by atoms with E-state index in [4.69, 9.17) is 21.1 Å². The van der Waals surface area contributed by atoms with Crippen molar-refractivity contribution in [1.82, 2.24) is 15.6 Å². The molecule has 3 N–H and O–H groups in total. The molecule has 1 aromatic heterocycles. The molecule has 0 saturated heterocycles. The first-order valence-electron chi connectivity index (χ1n) is 8.77. The maximum absolute atomic E-state index is 13.3. The SMILES string of the molecule is O=C(COc1ccc(Cl)c(F)c1)NC[C@@H](O)CCNC(=O)COc1ccccn1. The molecule has 0 aliphatic carbocycles. The van der Waals surface area contributed by atoms with E-state index in [0.717, 1.165) is 6.07 Å². The molecule has 0 radical (unpaired) electrons. The first-order chi connectivity index (χ1) is 13.9. The van der Waals surface area contributed by atoms with Crippen LogP contribution < -0.4 is 20.1 Å². The lowest BCUT2D eigenvalue weighted by Gasteiger charge is -2.13. The summed E-state index contributed by atoms with van der Waals surface area (Å²) >= 11 is 5.56. The van der Waals surface area contributed by atoms with Gasteiger partial charge in [-0.2, -0.15) is 0 Å². The van der Waals surface area contributed by atoms with Crippen molar-refractivity contribution in [3.05, 3.63) is 53.4 Å². The molecule has 0 fully saturated rings. The number of carbonyl (C=O) groups excluding carboxylic acids is 2. The molecule has 1 atom stereocenters. The summed E-state index contributed by atoms with van der Waals surface area (Å²) in [4.78, 5) is 27.3. The van der Waals surface area contributed by atoms with Crippen molar-refractivity contribution in [2.24, 2.45) is 0 Å². The average molecular weight is 426 g/mol. The van der Waals surface area contributed by atoms with Crippen LogP contribution in [0.3, 0.4) is 0 Å². The molecule has 1 heterocycles. The highest BCUT2D eigenvalue weighted by atomic mass is 35.5. The van der Waals surface area contributed by atoms with Gasteiger partial charge >= 0.3 is 0 Å². The molecular formula is C19H21ClFN3O5. The number of aromatic nitrogens is 1. The van der Waals surface area contributed by atoms with Crippen LogP contribution in [0.25, 0.3) is 0 Å². The van der Waals surface area contributed by atoms with Crippen LogP contribution in [0.5, 0.6) is 11.6 Å². The minimum atomic E-state index is -0.857. The quantitative estimate of drug-likeness (QED) is 0.501. The fourth-order valence-corrected chi connectivity index (χ4v) is 2.22. The zero-order valence-corrected chi connectivity index (χ0v) is 16.2. The van der Waals surface area contributed by atoms with E-state index >= 15 is 0 Å². The molecule has 0 aliphatic rings. The number of hydrogen-bond donors (Lipinski definition) is 3. The van der Waals surface area contributed by atoms with Gasteiger partial charge in [0.15, 0.2) is 13.2 Å². The lowest BCUT2D eigenvalue weighted by Crippen LogP contribution is -2.37. The molecule has 8 nitrogen and oxygen atoms in total. The summed E-state index contributed by atoms with van der Waals surface area (Å²) in [6.45, 7) is -0.332. The van der Waals surface area contributed by atoms with Crippen molar-refractivity contribution in [2.75, 3.05) is 26.3 Å². The Kier molecular flexibility index (Phi) is 9.13. The molecule has 0 spiro atoms. The van der Waals surface area contributed by atoms with Gasteiger partial charge in [0.1, 0.15) is 11.6 Å². The number of aliphatic hydroxyl groups is 1. The summed E-state index contributed by atoms with van der Waals surface area (Å²) in [5.74, 6) is -0.970. The molecule has 2 rings (SSSR count). The van der Waals surface area contributed by atoms with E-state index in [-0.39, 0.29) is 49.4 Å². The van der Waals surface area contributed by atoms with Gasteiger partial charge in [-0.05, 0) is 24.6 Å². The maximum Gasteiger partial charge on any atom is 0.258 e. The molecule has 0 aliphatic heterocycles. The van der Waals surface area contributed by atoms with Gasteiger partial charge in [0.25, 0.3) is 11.8 Å². The van der Waals surface area contributed by atoms with Gasteiger partial charge in [0.05, 0.1) is 11.1 Å². The second-order valence-corrected chi connectivity index (χ2v) is 6.32. The summed E-state index contributed by atoms with van der Waals surface area (Å²) in [5.41, 5.74) is 0. The Bertz CT molecular complexity index is 810. The van der Waals surface area contributed by atoms with Crippen LogP contribution in [-0.4, -0.2) is 54.3 Å². The van der Waals surface area contributed by atoms with E-state index < -0.39 is 17.8 Å². The summed E-state index contributed by atoms with van der Waals surface area (Å²) in [5, 5.41) is 14.9. The molecule has 29 heavy (non-hydrogen) atoms. The molecule has 10 heteroatoms. The highest BCUT2D eigenvalue weighted by molar-refractivity contribution is 6.30. The average Bonchev–Trinajstić information content (AvgIpc) is 2.72. The van der Waals surface area contributed by atoms with Crippen molar-refractivity contribution in [2.45, 2.75) is 12.5 Å². The van der Waals surface area contributed by atoms with E-state index in [1.807, 2.05) is 0 Å². The van der Waals surface area contributed by atoms with Gasteiger partial charge in [-0.3, -0.25) is 9.59 Å². The van der Waals surface area contributed by atoms with E-state index in [0.29, 0.717) is 5.88 Å². The lowest BCUT2D eigenvalue weighted by atomic mass is 10.2. The Balaban J connectivity index is 1.55. The van der Waals surface area contributed by atoms with Gasteiger partial charge in [0.2, 0.25) is 5.88 Å². The van der Waals surface area contributed by atoms with Crippen molar-refractivity contribution in [3.8, 4) is 11.6 Å². The zero-order valence-electron chi connectivity index (χ0n) is 15.4. The first kappa shape index (κ1) is 22.4. The molecule has 0 saturated carbocycles. The number of amides is 2. The van der Waals surface area contributed by atoms with E-state index in [1.165, 1.54) is 12.1 Å². The molecular weight excluding hydrogens is 405 g/mol. The second-order valence-electron chi connectivity index (χ2n) is 5.92. The van der Waals surface area contributed by atoms with Crippen molar-refractivity contribution in [1.29, 1.82) is 0 Å². The van der Waals surface area contributed by atoms with E-state index in [2.05, 4.69) is 15.6 Å². The van der Waals surface area contributed by atoms with Gasteiger partial charge in [-0.25, -0.2) is 9.37 Å². The predicted octanol–water partition coefficient (Wildman–Crippen LogP) is 1.32. The van der Waals surface area contributed by atoms with Crippen LogP contribution in [0.2, 0.25) is 5.02 Å². The second kappa shape index (κ2) is 11.8. The fourth-order valence-electron chi connectivity index (χ4n) is 2.10. The molecule has 2 aromatic rings. The van der Waals surface area contributed by atoms with Crippen molar-refractivity contribution < 1.29 is 28.6 Å². The number of nitrogens with zero attached hydrogens (tertiary/aromatic N) is 1. The van der Waals surface area contributed by atoms with Gasteiger partial charge in [0, 0.05) is 31.4 Å². The topological polar surface area (TPSA) is 110 Å². The van der Waals surface area contributed by atoms with Crippen LogP contribution in [0.15, 0.2) is 42.6 Å². The summed E-state index contributed by atoms with van der Waals surface area (Å²) in [6.07, 6.45) is 0.930. The number of carbonyl (C=O) groups is 2. The van der Waals surface area contributed by atoms with Gasteiger partial charge in [-0.15, -0.1) is 0 Å². The standard InChI is InChI=1S/C19H21ClFN3O5/c20-15-5-4-14(9-16(15)21)28-11-18(27)24-10-13(25)6-8-22-17(26)12-29-19-3-1-2-7-23-19/h1-5,7,9,13,25H,6,8,10-12H2,(H,22,26)(H,24,27)/t13-/m0/s1. The minimum absolute atomic E-state index is 0.0164. The molecule has 2 amide bonds. The number of nitrogens with one attached hydrogen (secondary N) is 2. The zero-order chi connectivity index (χ0) is 21.1. The lowest BCUT2D eigenvalue weighted by molar-refractivity contribution is -0.124. The highest BCUT2D eigenvalue weighted by Crippen LogP contribution is 2.20. The summed E-state index contributed by atoms with van der Waals surface area (Å²) in [7, 11) is 0. The van der Waals surface area contributed by atoms with E-state index in [9.17, 15) is 19.1 Å². The first-order valence-corrected chi connectivity index (χ1v) is 9.15. The van der Waals surface area contributed by atoms with Crippen LogP contribution >= 0.6 is 11.6 Å². The number of ether oxygens (including phenoxy) is 2. The third kappa shape index (κ3) is 8.75. The Hall–Kier alpha value is -2.91. The van der Waals surface area contributed by atoms with Crippen LogP contribution in [0.1, 0.15) is 6.42 Å². The Labute approximate surface area is 172 Å². The highest BCUT2D eigenvalue weighted by Gasteiger charge is 2.10. The molecule has 156 valence electrons. The Morgan fingerprint density at radius 3 is 2.62 bits per heavy atom. The summed E-state index contributed by atoms with van der Waals surface area (Å²) < 4.78 is 23.6. The minimum Gasteiger partial charge on any atom is -0.484 e. The smallest absolute Gasteiger partial charge is 0.258 e. The van der Waals surface area contributed by atoms with Crippen LogP contribution in [0, 0.1) is 5.82 Å². The predicted molar refractivity (Wildman–Crippen MR) is 103 cm³/mol. The van der Waals surface area contributed by atoms with Gasteiger partial charge in [-0.1, -0.05) is 17.7 Å². The Morgan fingerprint density at radius 2 is 1.90 bits per heavy atom. The number of halogens is 2. The summed E-state index contributed by atoms with van der Waals surface area (Å²) in [6, 6.07) is 8.94. The monoisotopic (exact) mass is 425 g/mol.